The van der Waals surface area contributed by atoms with Crippen molar-refractivity contribution in [1.29, 1.82) is 0 Å². The molecular formula is C30H22FN5O2. The Bertz CT molecular complexity index is 1780. The number of rotatable bonds is 6. The minimum Gasteiger partial charge on any atom is -0.497 e. The predicted octanol–water partition coefficient (Wildman–Crippen LogP) is 6.31. The number of pyridine rings is 1. The number of ether oxygens (including phenoxy) is 1. The van der Waals surface area contributed by atoms with Crippen LogP contribution in [-0.2, 0) is 0 Å². The third-order valence-electron chi connectivity index (χ3n) is 6.26. The maximum atomic E-state index is 14.1. The van der Waals surface area contributed by atoms with E-state index in [1.807, 2.05) is 60.7 Å². The zero-order valence-electron chi connectivity index (χ0n) is 20.4. The lowest BCUT2D eigenvalue weighted by molar-refractivity contribution is 0.415. The van der Waals surface area contributed by atoms with Gasteiger partial charge in [-0.25, -0.2) is 14.4 Å². The van der Waals surface area contributed by atoms with Crippen molar-refractivity contribution in [2.75, 3.05) is 12.4 Å². The highest BCUT2D eigenvalue weighted by Crippen LogP contribution is 2.36. The second-order valence-electron chi connectivity index (χ2n) is 8.61. The molecule has 0 saturated heterocycles. The number of halogens is 1. The molecule has 0 fully saturated rings. The van der Waals surface area contributed by atoms with Gasteiger partial charge in [0.2, 0.25) is 0 Å². The molecule has 0 amide bonds. The summed E-state index contributed by atoms with van der Waals surface area (Å²) in [4.78, 5) is 23.2. The van der Waals surface area contributed by atoms with Gasteiger partial charge in [0.15, 0.2) is 5.65 Å². The largest absolute Gasteiger partial charge is 0.497 e. The van der Waals surface area contributed by atoms with E-state index in [9.17, 15) is 9.18 Å². The molecule has 3 aromatic carbocycles. The van der Waals surface area contributed by atoms with Crippen LogP contribution < -0.4 is 15.6 Å². The molecule has 3 heterocycles. The van der Waals surface area contributed by atoms with Crippen LogP contribution in [-0.4, -0.2) is 26.7 Å². The van der Waals surface area contributed by atoms with Gasteiger partial charge in [0, 0.05) is 5.56 Å². The Morgan fingerprint density at radius 3 is 2.11 bits per heavy atom. The lowest BCUT2D eigenvalue weighted by Gasteiger charge is -2.12. The van der Waals surface area contributed by atoms with Crippen molar-refractivity contribution >= 4 is 17.3 Å². The fourth-order valence-corrected chi connectivity index (χ4v) is 4.44. The molecule has 0 unspecified atom stereocenters. The first-order valence-electron chi connectivity index (χ1n) is 11.9. The molecule has 7 nitrogen and oxygen atoms in total. The van der Waals surface area contributed by atoms with Gasteiger partial charge in [-0.1, -0.05) is 72.8 Å². The van der Waals surface area contributed by atoms with Gasteiger partial charge in [0.25, 0.3) is 5.56 Å². The van der Waals surface area contributed by atoms with Gasteiger partial charge in [0.1, 0.15) is 23.2 Å². The van der Waals surface area contributed by atoms with E-state index in [1.54, 1.807) is 31.4 Å². The summed E-state index contributed by atoms with van der Waals surface area (Å²) in [6.07, 6.45) is 1.11. The Morgan fingerprint density at radius 2 is 1.47 bits per heavy atom. The number of aromatic nitrogens is 4. The van der Waals surface area contributed by atoms with Crippen LogP contribution in [0, 0.1) is 5.82 Å². The number of H-pyrrole nitrogens is 1. The van der Waals surface area contributed by atoms with Gasteiger partial charge in [0.05, 0.1) is 30.1 Å². The quantitative estimate of drug-likeness (QED) is 0.278. The van der Waals surface area contributed by atoms with Crippen molar-refractivity contribution in [2.45, 2.75) is 0 Å². The van der Waals surface area contributed by atoms with E-state index in [0.29, 0.717) is 34.2 Å². The number of anilines is 2. The van der Waals surface area contributed by atoms with Crippen molar-refractivity contribution in [2.24, 2.45) is 0 Å². The second-order valence-corrected chi connectivity index (χ2v) is 8.61. The van der Waals surface area contributed by atoms with Gasteiger partial charge >= 0.3 is 0 Å². The molecule has 0 spiro atoms. The summed E-state index contributed by atoms with van der Waals surface area (Å²) in [5, 5.41) is 6.44. The van der Waals surface area contributed by atoms with Gasteiger partial charge < -0.3 is 10.1 Å². The first kappa shape index (κ1) is 23.2. The Labute approximate surface area is 217 Å². The maximum absolute atomic E-state index is 14.1. The number of benzene rings is 3. The topological polar surface area (TPSA) is 84.3 Å². The zero-order chi connectivity index (χ0) is 26.1. The molecule has 2 N–H and O–H groups in total. The molecule has 38 heavy (non-hydrogen) atoms. The van der Waals surface area contributed by atoms with Crippen LogP contribution in [0.25, 0.3) is 39.2 Å². The molecule has 186 valence electrons. The highest BCUT2D eigenvalue weighted by atomic mass is 19.1. The van der Waals surface area contributed by atoms with E-state index < -0.39 is 5.82 Å². The highest BCUT2D eigenvalue weighted by Gasteiger charge is 2.23. The molecule has 0 aliphatic rings. The summed E-state index contributed by atoms with van der Waals surface area (Å²) < 4.78 is 20.3. The molecule has 0 aliphatic heterocycles. The van der Waals surface area contributed by atoms with Crippen LogP contribution in [0.15, 0.2) is 108 Å². The molecule has 6 rings (SSSR count). The van der Waals surface area contributed by atoms with E-state index in [2.05, 4.69) is 15.4 Å². The summed E-state index contributed by atoms with van der Waals surface area (Å²) in [5.41, 5.74) is 4.48. The fourth-order valence-electron chi connectivity index (χ4n) is 4.44. The van der Waals surface area contributed by atoms with E-state index in [1.165, 1.54) is 16.6 Å². The van der Waals surface area contributed by atoms with Gasteiger partial charge in [-0.2, -0.15) is 4.52 Å². The van der Waals surface area contributed by atoms with Crippen LogP contribution in [0.3, 0.4) is 0 Å². The molecule has 3 aromatic heterocycles. The third kappa shape index (κ3) is 4.18. The van der Waals surface area contributed by atoms with Gasteiger partial charge in [-0.15, -0.1) is 0 Å². The van der Waals surface area contributed by atoms with E-state index in [4.69, 9.17) is 9.72 Å². The molecular weight excluding hydrogens is 481 g/mol. The van der Waals surface area contributed by atoms with Crippen LogP contribution in [0.1, 0.15) is 0 Å². The molecule has 6 aromatic rings. The number of aromatic amines is 1. The number of nitrogens with zero attached hydrogens (tertiary/aromatic N) is 3. The monoisotopic (exact) mass is 503 g/mol. The Kier molecular flexibility index (Phi) is 5.89. The SMILES string of the molecule is COc1ccc(-c2c(Nc3ccc(F)cn3)nc3c(-c4ccccc4)c(-c4ccccc4)[nH]n3c2=O)cc1. The van der Waals surface area contributed by atoms with E-state index in [0.717, 1.165) is 28.6 Å². The zero-order valence-corrected chi connectivity index (χ0v) is 20.4. The maximum Gasteiger partial charge on any atom is 0.282 e. The summed E-state index contributed by atoms with van der Waals surface area (Å²) in [6, 6.07) is 29.5. The van der Waals surface area contributed by atoms with Crippen molar-refractivity contribution < 1.29 is 9.13 Å². The van der Waals surface area contributed by atoms with Crippen molar-refractivity contribution in [1.82, 2.24) is 19.6 Å². The van der Waals surface area contributed by atoms with Crippen LogP contribution >= 0.6 is 0 Å². The molecule has 0 atom stereocenters. The first-order chi connectivity index (χ1) is 18.6. The van der Waals surface area contributed by atoms with Crippen molar-refractivity contribution in [3.05, 3.63) is 119 Å². The normalized spacial score (nSPS) is 11.0. The van der Waals surface area contributed by atoms with Crippen LogP contribution in [0.4, 0.5) is 16.0 Å². The number of fused-ring (bicyclic) bond motifs is 1. The number of hydrogen-bond acceptors (Lipinski definition) is 5. The summed E-state index contributed by atoms with van der Waals surface area (Å²) >= 11 is 0. The van der Waals surface area contributed by atoms with E-state index >= 15 is 0 Å². The predicted molar refractivity (Wildman–Crippen MR) is 146 cm³/mol. The molecule has 0 saturated carbocycles. The van der Waals surface area contributed by atoms with E-state index in [-0.39, 0.29) is 5.56 Å². The molecule has 0 aliphatic carbocycles. The Hall–Kier alpha value is -5.24. The molecule has 0 bridgehead atoms. The lowest BCUT2D eigenvalue weighted by atomic mass is 10.0. The number of methoxy groups -OCH3 is 1. The van der Waals surface area contributed by atoms with Gasteiger partial charge in [-0.05, 0) is 35.4 Å². The molecule has 8 heteroatoms. The number of hydrogen-bond donors (Lipinski definition) is 2. The van der Waals surface area contributed by atoms with Crippen LogP contribution in [0.2, 0.25) is 0 Å². The lowest BCUT2D eigenvalue weighted by Crippen LogP contribution is -2.19. The smallest absolute Gasteiger partial charge is 0.282 e. The Morgan fingerprint density at radius 1 is 0.816 bits per heavy atom. The highest BCUT2D eigenvalue weighted by molar-refractivity contribution is 5.92. The minimum absolute atomic E-state index is 0.301. The van der Waals surface area contributed by atoms with Crippen molar-refractivity contribution in [3.8, 4) is 39.3 Å². The molecule has 0 radical (unpaired) electrons. The second kappa shape index (κ2) is 9.67. The first-order valence-corrected chi connectivity index (χ1v) is 11.9. The average molecular weight is 504 g/mol. The fraction of sp³-hybridized carbons (Fsp3) is 0.0333. The van der Waals surface area contributed by atoms with Crippen LogP contribution in [0.5, 0.6) is 5.75 Å². The summed E-state index contributed by atoms with van der Waals surface area (Å²) in [6.45, 7) is 0. The summed E-state index contributed by atoms with van der Waals surface area (Å²) in [7, 11) is 1.58. The minimum atomic E-state index is -0.459. The standard InChI is InChI=1S/C30H22FN5O2/c1-38-23-15-12-20(13-16-23)26-28(33-24-17-14-22(31)18-32-24)34-29-25(19-8-4-2-5-9-19)27(35-36(29)30(26)37)21-10-6-3-7-11-21/h2-18,35H,1H3,(H,32,33). The van der Waals surface area contributed by atoms with Gasteiger partial charge in [-0.3, -0.25) is 9.89 Å². The Balaban J connectivity index is 1.66. The third-order valence-corrected chi connectivity index (χ3v) is 6.26. The number of nitrogens with one attached hydrogen (secondary N) is 2. The van der Waals surface area contributed by atoms with Crippen molar-refractivity contribution in [3.63, 3.8) is 0 Å². The average Bonchev–Trinajstić information content (AvgIpc) is 3.35. The summed E-state index contributed by atoms with van der Waals surface area (Å²) in [5.74, 6) is 0.863.